The molecule has 1 rings (SSSR count). The predicted molar refractivity (Wildman–Crippen MR) is 51.1 cm³/mol. The molecule has 0 amide bonds. The number of nitrogens with zero attached hydrogens (tertiary/aromatic N) is 2. The summed E-state index contributed by atoms with van der Waals surface area (Å²) in [5.74, 6) is 1.57. The second-order valence-corrected chi connectivity index (χ2v) is 2.70. The molecule has 0 aromatic carbocycles. The van der Waals surface area contributed by atoms with Crippen molar-refractivity contribution in [3.63, 3.8) is 0 Å². The van der Waals surface area contributed by atoms with Gasteiger partial charge in [-0.3, -0.25) is 0 Å². The first-order chi connectivity index (χ1) is 6.27. The molecule has 0 saturated carbocycles. The fourth-order valence-corrected chi connectivity index (χ4v) is 0.984. The number of hydrogen-bond donors (Lipinski definition) is 1. The average molecular weight is 182 g/mol. The predicted octanol–water partition coefficient (Wildman–Crippen LogP) is 0.519. The summed E-state index contributed by atoms with van der Waals surface area (Å²) in [6.07, 6.45) is 1.66. The minimum absolute atomic E-state index is 0.129. The summed E-state index contributed by atoms with van der Waals surface area (Å²) in [6, 6.07) is 3.70. The number of likely N-dealkylation sites (N-methyl/N-ethyl adjacent to an activating group) is 1. The molecule has 72 valence electrons. The second-order valence-electron chi connectivity index (χ2n) is 2.70. The molecular weight excluding hydrogens is 168 g/mol. The Bertz CT molecular complexity index is 248. The van der Waals surface area contributed by atoms with Crippen molar-refractivity contribution < 1.29 is 9.84 Å². The van der Waals surface area contributed by atoms with Gasteiger partial charge in [0.2, 0.25) is 0 Å². The molecule has 0 fully saturated rings. The lowest BCUT2D eigenvalue weighted by atomic mass is 10.4. The van der Waals surface area contributed by atoms with Crippen LogP contribution in [0.3, 0.4) is 0 Å². The van der Waals surface area contributed by atoms with Gasteiger partial charge in [-0.05, 0) is 12.1 Å². The first-order valence-electron chi connectivity index (χ1n) is 4.10. The van der Waals surface area contributed by atoms with Crippen molar-refractivity contribution in [2.45, 2.75) is 0 Å². The van der Waals surface area contributed by atoms with Gasteiger partial charge in [-0.25, -0.2) is 4.98 Å². The molecule has 1 aromatic rings. The molecule has 1 N–H and O–H groups in total. The van der Waals surface area contributed by atoms with Crippen LogP contribution in [0.25, 0.3) is 0 Å². The largest absolute Gasteiger partial charge is 0.495 e. The number of anilines is 1. The number of pyridine rings is 1. The standard InChI is InChI=1S/C9H14N2O2/c1-11(5-6-12)9-4-3-8(13-2)7-10-9/h3-4,7,12H,5-6H2,1-2H3. The normalized spacial score (nSPS) is 9.77. The van der Waals surface area contributed by atoms with Crippen molar-refractivity contribution in [1.29, 1.82) is 0 Å². The molecule has 0 aliphatic rings. The summed E-state index contributed by atoms with van der Waals surface area (Å²) in [5.41, 5.74) is 0. The number of hydrogen-bond acceptors (Lipinski definition) is 4. The lowest BCUT2D eigenvalue weighted by molar-refractivity contribution is 0.304. The van der Waals surface area contributed by atoms with Crippen LogP contribution in [0.2, 0.25) is 0 Å². The average Bonchev–Trinajstić information content (AvgIpc) is 2.18. The van der Waals surface area contributed by atoms with E-state index in [1.165, 1.54) is 0 Å². The summed E-state index contributed by atoms with van der Waals surface area (Å²) >= 11 is 0. The van der Waals surface area contributed by atoms with Crippen LogP contribution in [0, 0.1) is 0 Å². The van der Waals surface area contributed by atoms with Crippen LogP contribution in [0.4, 0.5) is 5.82 Å². The van der Waals surface area contributed by atoms with E-state index in [0.29, 0.717) is 6.54 Å². The van der Waals surface area contributed by atoms with Crippen molar-refractivity contribution in [1.82, 2.24) is 4.98 Å². The number of ether oxygens (including phenoxy) is 1. The van der Waals surface area contributed by atoms with E-state index in [2.05, 4.69) is 4.98 Å². The van der Waals surface area contributed by atoms with Gasteiger partial charge in [0.15, 0.2) is 0 Å². The molecule has 0 aliphatic carbocycles. The van der Waals surface area contributed by atoms with Crippen molar-refractivity contribution in [3.8, 4) is 5.75 Å². The van der Waals surface area contributed by atoms with E-state index in [-0.39, 0.29) is 6.61 Å². The summed E-state index contributed by atoms with van der Waals surface area (Å²) in [7, 11) is 3.49. The zero-order chi connectivity index (χ0) is 9.68. The van der Waals surface area contributed by atoms with Crippen molar-refractivity contribution >= 4 is 5.82 Å². The SMILES string of the molecule is COc1ccc(N(C)CCO)nc1. The monoisotopic (exact) mass is 182 g/mol. The molecule has 4 heteroatoms. The molecule has 13 heavy (non-hydrogen) atoms. The van der Waals surface area contributed by atoms with E-state index in [1.54, 1.807) is 13.3 Å². The highest BCUT2D eigenvalue weighted by Crippen LogP contribution is 2.13. The topological polar surface area (TPSA) is 45.6 Å². The highest BCUT2D eigenvalue weighted by atomic mass is 16.5. The smallest absolute Gasteiger partial charge is 0.137 e. The van der Waals surface area contributed by atoms with Crippen LogP contribution in [0.15, 0.2) is 18.3 Å². The van der Waals surface area contributed by atoms with E-state index in [1.807, 2.05) is 24.1 Å². The highest BCUT2D eigenvalue weighted by Gasteiger charge is 2.00. The van der Waals surface area contributed by atoms with Gasteiger partial charge in [0.25, 0.3) is 0 Å². The molecular formula is C9H14N2O2. The van der Waals surface area contributed by atoms with Gasteiger partial charge >= 0.3 is 0 Å². The van der Waals surface area contributed by atoms with Crippen LogP contribution in [-0.4, -0.2) is 37.4 Å². The van der Waals surface area contributed by atoms with Gasteiger partial charge in [0.05, 0.1) is 19.9 Å². The van der Waals surface area contributed by atoms with Gasteiger partial charge in [-0.2, -0.15) is 0 Å². The van der Waals surface area contributed by atoms with Crippen molar-refractivity contribution in [2.75, 3.05) is 32.2 Å². The molecule has 4 nitrogen and oxygen atoms in total. The van der Waals surface area contributed by atoms with Crippen LogP contribution >= 0.6 is 0 Å². The summed E-state index contributed by atoms with van der Waals surface area (Å²) in [4.78, 5) is 6.03. The van der Waals surface area contributed by atoms with Crippen LogP contribution in [0.5, 0.6) is 5.75 Å². The third-order valence-electron chi connectivity index (χ3n) is 1.78. The number of methoxy groups -OCH3 is 1. The summed E-state index contributed by atoms with van der Waals surface area (Å²) < 4.78 is 4.98. The Balaban J connectivity index is 2.67. The third kappa shape index (κ3) is 2.59. The zero-order valence-electron chi connectivity index (χ0n) is 7.90. The maximum atomic E-state index is 8.70. The Morgan fingerprint density at radius 1 is 1.54 bits per heavy atom. The van der Waals surface area contributed by atoms with Crippen LogP contribution in [0.1, 0.15) is 0 Å². The number of aliphatic hydroxyl groups excluding tert-OH is 1. The minimum atomic E-state index is 0.129. The Hall–Kier alpha value is -1.29. The Morgan fingerprint density at radius 3 is 2.77 bits per heavy atom. The quantitative estimate of drug-likeness (QED) is 0.737. The molecule has 0 unspecified atom stereocenters. The Morgan fingerprint density at radius 2 is 2.31 bits per heavy atom. The van der Waals surface area contributed by atoms with Crippen LogP contribution < -0.4 is 9.64 Å². The van der Waals surface area contributed by atoms with Crippen LogP contribution in [-0.2, 0) is 0 Å². The maximum Gasteiger partial charge on any atom is 0.137 e. The number of aliphatic hydroxyl groups is 1. The summed E-state index contributed by atoms with van der Waals surface area (Å²) in [6.45, 7) is 0.712. The second kappa shape index (κ2) is 4.67. The number of aromatic nitrogens is 1. The summed E-state index contributed by atoms with van der Waals surface area (Å²) in [5, 5.41) is 8.70. The molecule has 0 bridgehead atoms. The van der Waals surface area contributed by atoms with E-state index < -0.39 is 0 Å². The number of rotatable bonds is 4. The van der Waals surface area contributed by atoms with Crippen molar-refractivity contribution in [2.24, 2.45) is 0 Å². The zero-order valence-corrected chi connectivity index (χ0v) is 7.90. The molecule has 0 radical (unpaired) electrons. The molecule has 0 spiro atoms. The first kappa shape index (κ1) is 9.80. The van der Waals surface area contributed by atoms with Gasteiger partial charge in [-0.1, -0.05) is 0 Å². The van der Waals surface area contributed by atoms with E-state index in [0.717, 1.165) is 11.6 Å². The molecule has 1 heterocycles. The fourth-order valence-electron chi connectivity index (χ4n) is 0.984. The van der Waals surface area contributed by atoms with Crippen molar-refractivity contribution in [3.05, 3.63) is 18.3 Å². The van der Waals surface area contributed by atoms with Gasteiger partial charge in [-0.15, -0.1) is 0 Å². The van der Waals surface area contributed by atoms with E-state index in [4.69, 9.17) is 9.84 Å². The van der Waals surface area contributed by atoms with E-state index >= 15 is 0 Å². The highest BCUT2D eigenvalue weighted by molar-refractivity contribution is 5.39. The molecule has 1 aromatic heterocycles. The van der Waals surface area contributed by atoms with E-state index in [9.17, 15) is 0 Å². The molecule has 0 saturated heterocycles. The molecule has 0 atom stereocenters. The van der Waals surface area contributed by atoms with Gasteiger partial charge in [0.1, 0.15) is 11.6 Å². The maximum absolute atomic E-state index is 8.70. The van der Waals surface area contributed by atoms with Gasteiger partial charge < -0.3 is 14.7 Å². The lowest BCUT2D eigenvalue weighted by Crippen LogP contribution is -2.21. The third-order valence-corrected chi connectivity index (χ3v) is 1.78. The minimum Gasteiger partial charge on any atom is -0.495 e. The fraction of sp³-hybridized carbons (Fsp3) is 0.444. The van der Waals surface area contributed by atoms with Gasteiger partial charge in [0, 0.05) is 13.6 Å². The first-order valence-corrected chi connectivity index (χ1v) is 4.10. The Kier molecular flexibility index (Phi) is 3.52. The molecule has 0 aliphatic heterocycles. The lowest BCUT2D eigenvalue weighted by Gasteiger charge is -2.16. The Labute approximate surface area is 77.8 Å².